The van der Waals surface area contributed by atoms with Gasteiger partial charge in [-0.05, 0) is 84.2 Å². The Morgan fingerprint density at radius 3 is 1.85 bits per heavy atom. The second-order valence-corrected chi connectivity index (χ2v) is 7.79. The molecule has 0 saturated carbocycles. The fraction of sp³-hybridized carbons (Fsp3) is 0.0400. The van der Waals surface area contributed by atoms with Crippen molar-refractivity contribution in [3.8, 4) is 16.9 Å². The monoisotopic (exact) mass is 460 g/mol. The summed E-state index contributed by atoms with van der Waals surface area (Å²) >= 11 is 2.48. The predicted octanol–water partition coefficient (Wildman–Crippen LogP) is 7.43. The number of hydrogen-bond acceptors (Lipinski definition) is 1. The summed E-state index contributed by atoms with van der Waals surface area (Å²) in [5.74, 6) is 0.886. The summed E-state index contributed by atoms with van der Waals surface area (Å²) < 4.78 is 6.73. The van der Waals surface area contributed by atoms with Gasteiger partial charge in [0, 0.05) is 3.57 Å². The van der Waals surface area contributed by atoms with Crippen LogP contribution < -0.4 is 4.74 Å². The van der Waals surface area contributed by atoms with Gasteiger partial charge >= 0.3 is 0 Å². The second-order valence-electron chi connectivity index (χ2n) is 6.71. The minimum atomic E-state index is 0.886. The van der Waals surface area contributed by atoms with Crippen LogP contribution in [0.4, 0.5) is 0 Å². The Balaban J connectivity index is 1.91. The maximum absolute atomic E-state index is 5.42. The SMILES string of the molecule is COc1ccc2ccc(-c3c4ccccc4c(I)c4ccccc34)cc2c1. The van der Waals surface area contributed by atoms with Crippen LogP contribution in [0, 0.1) is 3.57 Å². The molecule has 0 aliphatic heterocycles. The van der Waals surface area contributed by atoms with E-state index in [0.29, 0.717) is 0 Å². The Hall–Kier alpha value is -2.59. The molecule has 0 aliphatic rings. The van der Waals surface area contributed by atoms with Crippen LogP contribution >= 0.6 is 22.6 Å². The van der Waals surface area contributed by atoms with Gasteiger partial charge in [0.05, 0.1) is 7.11 Å². The first kappa shape index (κ1) is 16.6. The van der Waals surface area contributed by atoms with Crippen LogP contribution in [-0.4, -0.2) is 7.11 Å². The summed E-state index contributed by atoms with van der Waals surface area (Å²) in [6, 6.07) is 30.3. The molecule has 0 aromatic heterocycles. The molecule has 0 spiro atoms. The Kier molecular flexibility index (Phi) is 4.01. The first-order valence-corrected chi connectivity index (χ1v) is 10.0. The normalized spacial score (nSPS) is 11.3. The molecule has 0 aliphatic carbocycles. The summed E-state index contributed by atoms with van der Waals surface area (Å²) in [7, 11) is 1.71. The number of ether oxygens (including phenoxy) is 1. The highest BCUT2D eigenvalue weighted by Crippen LogP contribution is 2.40. The highest BCUT2D eigenvalue weighted by molar-refractivity contribution is 14.1. The van der Waals surface area contributed by atoms with Crippen molar-refractivity contribution >= 4 is 54.9 Å². The maximum Gasteiger partial charge on any atom is 0.119 e. The topological polar surface area (TPSA) is 9.23 Å². The molecule has 0 bridgehead atoms. The average molecular weight is 460 g/mol. The van der Waals surface area contributed by atoms with E-state index in [1.807, 2.05) is 6.07 Å². The number of benzene rings is 5. The molecule has 5 rings (SSSR count). The first-order valence-electron chi connectivity index (χ1n) is 8.93. The van der Waals surface area contributed by atoms with E-state index < -0.39 is 0 Å². The Bertz CT molecular complexity index is 1260. The molecular weight excluding hydrogens is 443 g/mol. The highest BCUT2D eigenvalue weighted by Gasteiger charge is 2.13. The lowest BCUT2D eigenvalue weighted by atomic mass is 9.91. The zero-order chi connectivity index (χ0) is 18.4. The van der Waals surface area contributed by atoms with Crippen molar-refractivity contribution in [3.05, 3.63) is 88.5 Å². The largest absolute Gasteiger partial charge is 0.497 e. The van der Waals surface area contributed by atoms with E-state index in [9.17, 15) is 0 Å². The van der Waals surface area contributed by atoms with Crippen molar-refractivity contribution in [2.75, 3.05) is 7.11 Å². The zero-order valence-electron chi connectivity index (χ0n) is 14.9. The molecule has 0 unspecified atom stereocenters. The van der Waals surface area contributed by atoms with E-state index >= 15 is 0 Å². The molecule has 0 amide bonds. The summed E-state index contributed by atoms with van der Waals surface area (Å²) in [4.78, 5) is 0. The number of halogens is 1. The lowest BCUT2D eigenvalue weighted by molar-refractivity contribution is 0.415. The Labute approximate surface area is 171 Å². The van der Waals surface area contributed by atoms with Gasteiger partial charge in [-0.3, -0.25) is 0 Å². The van der Waals surface area contributed by atoms with Crippen molar-refractivity contribution in [3.63, 3.8) is 0 Å². The molecule has 27 heavy (non-hydrogen) atoms. The van der Waals surface area contributed by atoms with E-state index in [0.717, 1.165) is 5.75 Å². The molecule has 5 aromatic carbocycles. The number of methoxy groups -OCH3 is 1. The van der Waals surface area contributed by atoms with Gasteiger partial charge < -0.3 is 4.74 Å². The number of rotatable bonds is 2. The lowest BCUT2D eigenvalue weighted by Gasteiger charge is -2.15. The van der Waals surface area contributed by atoms with Gasteiger partial charge in [-0.2, -0.15) is 0 Å². The van der Waals surface area contributed by atoms with Crippen molar-refractivity contribution in [1.29, 1.82) is 0 Å². The molecule has 5 aromatic rings. The van der Waals surface area contributed by atoms with Gasteiger partial charge in [-0.1, -0.05) is 66.7 Å². The molecule has 1 nitrogen and oxygen atoms in total. The third-order valence-electron chi connectivity index (χ3n) is 5.20. The summed E-state index contributed by atoms with van der Waals surface area (Å²) in [6.45, 7) is 0. The molecule has 0 N–H and O–H groups in total. The predicted molar refractivity (Wildman–Crippen MR) is 124 cm³/mol. The van der Waals surface area contributed by atoms with Crippen LogP contribution in [0.3, 0.4) is 0 Å². The molecule has 130 valence electrons. The highest BCUT2D eigenvalue weighted by atomic mass is 127. The zero-order valence-corrected chi connectivity index (χ0v) is 17.0. The molecular formula is C25H17IO. The summed E-state index contributed by atoms with van der Waals surface area (Å²) in [6.07, 6.45) is 0. The van der Waals surface area contributed by atoms with E-state index in [2.05, 4.69) is 101 Å². The van der Waals surface area contributed by atoms with Gasteiger partial charge in [0.1, 0.15) is 5.75 Å². The second kappa shape index (κ2) is 6.54. The van der Waals surface area contributed by atoms with Gasteiger partial charge in [0.15, 0.2) is 0 Å². The van der Waals surface area contributed by atoms with Crippen LogP contribution in [0.5, 0.6) is 5.75 Å². The van der Waals surface area contributed by atoms with E-state index in [1.165, 1.54) is 47.0 Å². The molecule has 0 heterocycles. The Morgan fingerprint density at radius 2 is 1.22 bits per heavy atom. The maximum atomic E-state index is 5.42. The van der Waals surface area contributed by atoms with Crippen molar-refractivity contribution in [2.45, 2.75) is 0 Å². The van der Waals surface area contributed by atoms with Crippen molar-refractivity contribution in [2.24, 2.45) is 0 Å². The number of hydrogen-bond donors (Lipinski definition) is 0. The van der Waals surface area contributed by atoms with Crippen molar-refractivity contribution in [1.82, 2.24) is 0 Å². The molecule has 2 heteroatoms. The van der Waals surface area contributed by atoms with Crippen molar-refractivity contribution < 1.29 is 4.74 Å². The molecule has 0 fully saturated rings. The van der Waals surface area contributed by atoms with E-state index in [4.69, 9.17) is 4.74 Å². The minimum absolute atomic E-state index is 0.886. The van der Waals surface area contributed by atoms with E-state index in [-0.39, 0.29) is 0 Å². The van der Waals surface area contributed by atoms with Crippen LogP contribution in [-0.2, 0) is 0 Å². The van der Waals surface area contributed by atoms with Gasteiger partial charge in [-0.15, -0.1) is 0 Å². The third kappa shape index (κ3) is 2.67. The van der Waals surface area contributed by atoms with Crippen LogP contribution in [0.1, 0.15) is 0 Å². The van der Waals surface area contributed by atoms with Gasteiger partial charge in [-0.25, -0.2) is 0 Å². The fourth-order valence-corrected chi connectivity index (χ4v) is 4.83. The first-order chi connectivity index (χ1) is 13.3. The molecule has 0 atom stereocenters. The smallest absolute Gasteiger partial charge is 0.119 e. The van der Waals surface area contributed by atoms with Gasteiger partial charge in [0.2, 0.25) is 0 Å². The summed E-state index contributed by atoms with van der Waals surface area (Å²) in [5.41, 5.74) is 2.53. The van der Waals surface area contributed by atoms with Gasteiger partial charge in [0.25, 0.3) is 0 Å². The minimum Gasteiger partial charge on any atom is -0.497 e. The van der Waals surface area contributed by atoms with Crippen LogP contribution in [0.15, 0.2) is 84.9 Å². The molecule has 0 saturated heterocycles. The van der Waals surface area contributed by atoms with Crippen LogP contribution in [0.2, 0.25) is 0 Å². The quantitative estimate of drug-likeness (QED) is 0.197. The number of fused-ring (bicyclic) bond motifs is 3. The average Bonchev–Trinajstić information content (AvgIpc) is 2.73. The molecule has 0 radical (unpaired) electrons. The standard InChI is InChI=1S/C25H17IO/c1-27-19-13-12-16-10-11-17(14-18(16)15-19)24-20-6-2-4-8-22(20)25(26)23-9-5-3-7-21(23)24/h2-15H,1H3. The third-order valence-corrected chi connectivity index (χ3v) is 6.36. The summed E-state index contributed by atoms with van der Waals surface area (Å²) in [5, 5.41) is 7.61. The lowest BCUT2D eigenvalue weighted by Crippen LogP contribution is -1.89. The fourth-order valence-electron chi connectivity index (χ4n) is 3.89. The Morgan fingerprint density at radius 1 is 0.630 bits per heavy atom. The van der Waals surface area contributed by atoms with E-state index in [1.54, 1.807) is 7.11 Å². The van der Waals surface area contributed by atoms with Crippen LogP contribution in [0.25, 0.3) is 43.4 Å².